The van der Waals surface area contributed by atoms with Crippen molar-refractivity contribution in [2.75, 3.05) is 5.75 Å². The zero-order chi connectivity index (χ0) is 19.2. The number of hydrogen-bond acceptors (Lipinski definition) is 5. The fraction of sp³-hybridized carbons (Fsp3) is 0.600. The van der Waals surface area contributed by atoms with Gasteiger partial charge in [-0.3, -0.25) is 10.1 Å². The third kappa shape index (κ3) is 5.23. The van der Waals surface area contributed by atoms with Crippen LogP contribution in [-0.2, 0) is 17.6 Å². The number of fused-ring (bicyclic) bond motifs is 1. The molecule has 2 unspecified atom stereocenters. The summed E-state index contributed by atoms with van der Waals surface area (Å²) in [4.78, 5) is 28.8. The Morgan fingerprint density at radius 2 is 2.04 bits per heavy atom. The van der Waals surface area contributed by atoms with Crippen molar-refractivity contribution < 1.29 is 9.59 Å². The Bertz CT molecular complexity index is 759. The van der Waals surface area contributed by atoms with E-state index in [2.05, 4.69) is 28.6 Å². The number of thioether (sulfide) groups is 1. The van der Waals surface area contributed by atoms with Gasteiger partial charge in [-0.05, 0) is 56.1 Å². The molecule has 144 valence electrons. The molecular weight excluding hydrogens is 360 g/mol. The van der Waals surface area contributed by atoms with Gasteiger partial charge in [0.1, 0.15) is 11.1 Å². The summed E-state index contributed by atoms with van der Waals surface area (Å²) in [5.74, 6) is 0.130. The molecule has 2 aliphatic carbocycles. The quantitative estimate of drug-likeness (QED) is 0.774. The Balaban J connectivity index is 1.53. The minimum atomic E-state index is -0.432. The minimum Gasteiger partial charge on any atom is -0.335 e. The van der Waals surface area contributed by atoms with Crippen LogP contribution >= 0.6 is 11.8 Å². The first-order valence-electron chi connectivity index (χ1n) is 9.73. The van der Waals surface area contributed by atoms with Crippen molar-refractivity contribution >= 4 is 23.7 Å². The number of nitrogens with zero attached hydrogens (tertiary/aromatic N) is 2. The van der Waals surface area contributed by atoms with Gasteiger partial charge in [-0.15, -0.1) is 0 Å². The topological polar surface area (TPSA) is 94.9 Å². The molecule has 2 aliphatic rings. The summed E-state index contributed by atoms with van der Waals surface area (Å²) in [6, 6.07) is 3.78. The van der Waals surface area contributed by atoms with Crippen LogP contribution in [0, 0.1) is 17.2 Å². The van der Waals surface area contributed by atoms with Gasteiger partial charge in [-0.2, -0.15) is 5.26 Å². The number of nitrogens with one attached hydrogen (secondary N) is 2. The number of imide groups is 1. The highest BCUT2D eigenvalue weighted by Gasteiger charge is 2.23. The van der Waals surface area contributed by atoms with Gasteiger partial charge in [-0.25, -0.2) is 9.78 Å². The van der Waals surface area contributed by atoms with E-state index < -0.39 is 6.03 Å². The maximum atomic E-state index is 12.1. The van der Waals surface area contributed by atoms with Crippen LogP contribution in [0.3, 0.4) is 0 Å². The number of carbonyl (C=O) groups excluding carboxylic acids is 2. The van der Waals surface area contributed by atoms with E-state index in [-0.39, 0.29) is 17.7 Å². The summed E-state index contributed by atoms with van der Waals surface area (Å²) >= 11 is 1.22. The van der Waals surface area contributed by atoms with Gasteiger partial charge in [-0.1, -0.05) is 31.5 Å². The van der Waals surface area contributed by atoms with Crippen LogP contribution < -0.4 is 10.6 Å². The summed E-state index contributed by atoms with van der Waals surface area (Å²) in [7, 11) is 0. The van der Waals surface area contributed by atoms with E-state index in [9.17, 15) is 14.9 Å². The molecule has 2 N–H and O–H groups in total. The molecule has 1 aromatic heterocycles. The Kier molecular flexibility index (Phi) is 6.73. The van der Waals surface area contributed by atoms with Crippen LogP contribution in [0.5, 0.6) is 0 Å². The lowest BCUT2D eigenvalue weighted by Gasteiger charge is -2.29. The number of pyridine rings is 1. The second-order valence-electron chi connectivity index (χ2n) is 7.44. The van der Waals surface area contributed by atoms with Crippen molar-refractivity contribution in [2.24, 2.45) is 5.92 Å². The van der Waals surface area contributed by atoms with E-state index >= 15 is 0 Å². The highest BCUT2D eigenvalue weighted by atomic mass is 32.2. The molecular formula is C20H26N4O2S. The highest BCUT2D eigenvalue weighted by molar-refractivity contribution is 8.00. The van der Waals surface area contributed by atoms with E-state index in [4.69, 9.17) is 0 Å². The molecule has 0 bridgehead atoms. The Morgan fingerprint density at radius 1 is 1.26 bits per heavy atom. The lowest BCUT2D eigenvalue weighted by molar-refractivity contribution is -0.117. The maximum Gasteiger partial charge on any atom is 0.321 e. The van der Waals surface area contributed by atoms with Crippen LogP contribution in [-0.4, -0.2) is 28.7 Å². The van der Waals surface area contributed by atoms with Crippen molar-refractivity contribution in [3.8, 4) is 6.07 Å². The van der Waals surface area contributed by atoms with Gasteiger partial charge in [0.15, 0.2) is 0 Å². The zero-order valence-corrected chi connectivity index (χ0v) is 16.5. The third-order valence-corrected chi connectivity index (χ3v) is 6.40. The van der Waals surface area contributed by atoms with Crippen LogP contribution in [0.4, 0.5) is 4.79 Å². The first kappa shape index (κ1) is 19.7. The molecule has 1 aromatic rings. The van der Waals surface area contributed by atoms with E-state index in [1.807, 2.05) is 6.07 Å². The first-order chi connectivity index (χ1) is 13.1. The lowest BCUT2D eigenvalue weighted by Crippen LogP contribution is -2.48. The molecule has 6 nitrogen and oxygen atoms in total. The smallest absolute Gasteiger partial charge is 0.321 e. The zero-order valence-electron chi connectivity index (χ0n) is 15.7. The van der Waals surface area contributed by atoms with Crippen molar-refractivity contribution in [1.82, 2.24) is 15.6 Å². The summed E-state index contributed by atoms with van der Waals surface area (Å²) in [5, 5.41) is 15.3. The molecule has 0 aliphatic heterocycles. The monoisotopic (exact) mass is 386 g/mol. The average Bonchev–Trinajstić information content (AvgIpc) is 2.67. The van der Waals surface area contributed by atoms with Crippen LogP contribution in [0.1, 0.15) is 62.3 Å². The highest BCUT2D eigenvalue weighted by Crippen LogP contribution is 2.27. The standard InChI is InChI=1S/C20H26N4O2S/c1-13-6-2-4-8-16(13)23-20(26)24-18(25)12-27-19-15(11-21)10-14-7-3-5-9-17(14)22-19/h10,13,16H,2-9,12H2,1H3,(H2,23,24,25,26). The number of aryl methyl sites for hydroxylation is 2. The van der Waals surface area contributed by atoms with Gasteiger partial charge in [0.05, 0.1) is 11.3 Å². The molecule has 0 aromatic carbocycles. The van der Waals surface area contributed by atoms with Gasteiger partial charge in [0.2, 0.25) is 5.91 Å². The normalized spacial score (nSPS) is 21.6. The van der Waals surface area contributed by atoms with E-state index in [1.54, 1.807) is 0 Å². The number of urea groups is 1. The Labute approximate surface area is 164 Å². The van der Waals surface area contributed by atoms with Gasteiger partial charge < -0.3 is 5.32 Å². The third-order valence-electron chi connectivity index (χ3n) is 5.41. The number of rotatable bonds is 4. The van der Waals surface area contributed by atoms with Crippen LogP contribution in [0.2, 0.25) is 0 Å². The molecule has 7 heteroatoms. The predicted octanol–water partition coefficient (Wildman–Crippen LogP) is 3.33. The molecule has 1 heterocycles. The molecule has 0 saturated heterocycles. The lowest BCUT2D eigenvalue weighted by atomic mass is 9.86. The molecule has 2 atom stereocenters. The Hall–Kier alpha value is -2.07. The first-order valence-corrected chi connectivity index (χ1v) is 10.7. The fourth-order valence-corrected chi connectivity index (χ4v) is 4.61. The molecule has 27 heavy (non-hydrogen) atoms. The second kappa shape index (κ2) is 9.23. The summed E-state index contributed by atoms with van der Waals surface area (Å²) in [5.41, 5.74) is 2.69. The number of amides is 3. The largest absolute Gasteiger partial charge is 0.335 e. The molecule has 0 radical (unpaired) electrons. The number of aromatic nitrogens is 1. The number of nitriles is 1. The van der Waals surface area contributed by atoms with E-state index in [1.165, 1.54) is 18.2 Å². The fourth-order valence-electron chi connectivity index (χ4n) is 3.84. The van der Waals surface area contributed by atoms with Crippen LogP contribution in [0.25, 0.3) is 0 Å². The summed E-state index contributed by atoms with van der Waals surface area (Å²) in [6.45, 7) is 2.13. The van der Waals surface area contributed by atoms with Gasteiger partial charge >= 0.3 is 6.03 Å². The SMILES string of the molecule is CC1CCCCC1NC(=O)NC(=O)CSc1nc2c(cc1C#N)CCCC2. The van der Waals surface area contributed by atoms with Gasteiger partial charge in [0.25, 0.3) is 0 Å². The van der Waals surface area contributed by atoms with Crippen molar-refractivity contribution in [3.05, 3.63) is 22.9 Å². The molecule has 1 fully saturated rings. The molecule has 3 amide bonds. The number of hydrogen-bond donors (Lipinski definition) is 2. The average molecular weight is 387 g/mol. The predicted molar refractivity (Wildman–Crippen MR) is 104 cm³/mol. The van der Waals surface area contributed by atoms with Gasteiger partial charge in [0, 0.05) is 11.7 Å². The van der Waals surface area contributed by atoms with Crippen molar-refractivity contribution in [3.63, 3.8) is 0 Å². The Morgan fingerprint density at radius 3 is 2.81 bits per heavy atom. The van der Waals surface area contributed by atoms with Crippen molar-refractivity contribution in [2.45, 2.75) is 69.4 Å². The van der Waals surface area contributed by atoms with E-state index in [0.717, 1.165) is 56.2 Å². The van der Waals surface area contributed by atoms with E-state index in [0.29, 0.717) is 16.5 Å². The van der Waals surface area contributed by atoms with Crippen molar-refractivity contribution in [1.29, 1.82) is 5.26 Å². The number of carbonyl (C=O) groups is 2. The summed E-state index contributed by atoms with van der Waals surface area (Å²) < 4.78 is 0. The second-order valence-corrected chi connectivity index (χ2v) is 8.41. The minimum absolute atomic E-state index is 0.0636. The molecule has 1 saturated carbocycles. The molecule has 3 rings (SSSR count). The van der Waals surface area contributed by atoms with Crippen LogP contribution in [0.15, 0.2) is 11.1 Å². The maximum absolute atomic E-state index is 12.1. The molecule has 0 spiro atoms. The summed E-state index contributed by atoms with van der Waals surface area (Å²) in [6.07, 6.45) is 8.49.